The Morgan fingerprint density at radius 2 is 1.92 bits per heavy atom. The van der Waals surface area contributed by atoms with Gasteiger partial charge in [-0.2, -0.15) is 23.0 Å². The summed E-state index contributed by atoms with van der Waals surface area (Å²) in [5, 5.41) is 5.63. The first kappa shape index (κ1) is 27.6. The topological polar surface area (TPSA) is 123 Å². The van der Waals surface area contributed by atoms with E-state index in [1.165, 1.54) is 43.5 Å². The quantitative estimate of drug-likeness (QED) is 0.433. The molecule has 0 unspecified atom stereocenters. The number of alkyl halides is 3. The fraction of sp³-hybridized carbons (Fsp3) is 0.238. The van der Waals surface area contributed by atoms with Crippen LogP contribution in [-0.4, -0.2) is 41.3 Å². The van der Waals surface area contributed by atoms with E-state index in [1.807, 2.05) is 0 Å². The van der Waals surface area contributed by atoms with Gasteiger partial charge in [-0.1, -0.05) is 35.3 Å². The number of hydrogen-bond donors (Lipinski definition) is 2. The summed E-state index contributed by atoms with van der Waals surface area (Å²) in [6, 6.07) is 5.59. The molecule has 192 valence electrons. The normalized spacial score (nSPS) is 12.8. The van der Waals surface area contributed by atoms with Gasteiger partial charge in [0.2, 0.25) is 15.9 Å². The van der Waals surface area contributed by atoms with Gasteiger partial charge >= 0.3 is 6.18 Å². The van der Waals surface area contributed by atoms with Crippen molar-refractivity contribution in [1.29, 1.82) is 0 Å². The van der Waals surface area contributed by atoms with Gasteiger partial charge in [0, 0.05) is 24.0 Å². The number of pyridine rings is 1. The molecule has 0 spiro atoms. The van der Waals surface area contributed by atoms with Crippen molar-refractivity contribution in [2.24, 2.45) is 0 Å². The Morgan fingerprint density at radius 1 is 1.19 bits per heavy atom. The predicted octanol–water partition coefficient (Wildman–Crippen LogP) is 3.34. The van der Waals surface area contributed by atoms with Gasteiger partial charge in [-0.05, 0) is 36.8 Å². The second kappa shape index (κ2) is 10.9. The number of benzene rings is 1. The van der Waals surface area contributed by atoms with Gasteiger partial charge < -0.3 is 5.32 Å². The predicted molar refractivity (Wildman–Crippen MR) is 126 cm³/mol. The Bertz CT molecular complexity index is 1430. The maximum atomic E-state index is 13.6. The molecule has 2 heterocycles. The Labute approximate surface area is 213 Å². The minimum absolute atomic E-state index is 0.0348. The molecule has 36 heavy (non-hydrogen) atoms. The monoisotopic (exact) mass is 563 g/mol. The number of anilines is 1. The van der Waals surface area contributed by atoms with E-state index in [2.05, 4.69) is 15.4 Å². The average Bonchev–Trinajstić information content (AvgIpc) is 2.80. The van der Waals surface area contributed by atoms with Gasteiger partial charge in [0.25, 0.3) is 5.56 Å². The number of carbonyl (C=O) groups excluding carboxylic acids is 1. The molecule has 2 N–H and O–H groups in total. The van der Waals surface area contributed by atoms with Gasteiger partial charge in [-0.25, -0.2) is 13.1 Å². The Balaban J connectivity index is 1.82. The molecule has 0 saturated carbocycles. The van der Waals surface area contributed by atoms with Crippen molar-refractivity contribution in [1.82, 2.24) is 19.5 Å². The minimum Gasteiger partial charge on any atom is -0.324 e. The van der Waals surface area contributed by atoms with Crippen LogP contribution >= 0.6 is 23.2 Å². The molecule has 15 heteroatoms. The number of sulfonamides is 1. The molecule has 0 aliphatic heterocycles. The first-order chi connectivity index (χ1) is 16.8. The van der Waals surface area contributed by atoms with Crippen molar-refractivity contribution in [2.75, 3.05) is 5.32 Å². The second-order valence-corrected chi connectivity index (χ2v) is 10.0. The molecular formula is C21H18Cl2F3N5O4S. The smallest absolute Gasteiger partial charge is 0.324 e. The molecule has 0 bridgehead atoms. The van der Waals surface area contributed by atoms with Gasteiger partial charge in [0.1, 0.15) is 17.6 Å². The lowest BCUT2D eigenvalue weighted by atomic mass is 10.1. The molecule has 1 amide bonds. The van der Waals surface area contributed by atoms with Crippen molar-refractivity contribution in [2.45, 2.75) is 37.0 Å². The number of halogens is 5. The molecule has 0 aliphatic rings. The van der Waals surface area contributed by atoms with Crippen molar-refractivity contribution in [3.8, 4) is 0 Å². The molecule has 2 aromatic heterocycles. The minimum atomic E-state index is -4.90. The van der Waals surface area contributed by atoms with Crippen LogP contribution in [0.3, 0.4) is 0 Å². The third-order valence-corrected chi connectivity index (χ3v) is 7.19. The SMILES string of the molecule is Cc1ccc(NC(=O)Cn2ncc(Cl)c(Cl)c2=O)cc1S(=O)(=O)N[C@@H](Cc1ccccn1)C(F)(F)F. The lowest BCUT2D eigenvalue weighted by Crippen LogP contribution is -2.47. The number of hydrogen-bond acceptors (Lipinski definition) is 6. The fourth-order valence-corrected chi connectivity index (χ4v) is 4.83. The second-order valence-electron chi connectivity index (χ2n) is 7.54. The van der Waals surface area contributed by atoms with E-state index in [-0.39, 0.29) is 27.0 Å². The average molecular weight is 564 g/mol. The molecule has 0 radical (unpaired) electrons. The summed E-state index contributed by atoms with van der Waals surface area (Å²) in [7, 11) is -4.68. The van der Waals surface area contributed by atoms with Crippen LogP contribution < -0.4 is 15.6 Å². The molecule has 1 atom stereocenters. The van der Waals surface area contributed by atoms with Crippen molar-refractivity contribution in [3.63, 3.8) is 0 Å². The standard InChI is InChI=1S/C21H18Cl2F3N5O4S/c1-12-5-6-14(29-18(32)11-31-20(33)19(23)15(22)10-28-31)8-16(12)36(34,35)30-17(21(24,25)26)9-13-4-2-3-7-27-13/h2-8,10,17,30H,9,11H2,1H3,(H,29,32)/t17-/m0/s1. The summed E-state index contributed by atoms with van der Waals surface area (Å²) in [6.07, 6.45) is -3.24. The van der Waals surface area contributed by atoms with Gasteiger partial charge in [-0.15, -0.1) is 0 Å². The lowest BCUT2D eigenvalue weighted by Gasteiger charge is -2.22. The third kappa shape index (κ3) is 6.81. The van der Waals surface area contributed by atoms with Gasteiger partial charge in [0.05, 0.1) is 16.1 Å². The molecule has 0 aliphatic carbocycles. The summed E-state index contributed by atoms with van der Waals surface area (Å²) in [4.78, 5) is 27.8. The zero-order chi connectivity index (χ0) is 26.7. The highest BCUT2D eigenvalue weighted by Gasteiger charge is 2.42. The highest BCUT2D eigenvalue weighted by atomic mass is 35.5. The van der Waals surface area contributed by atoms with Crippen LogP contribution in [0.15, 0.2) is 58.5 Å². The molecule has 3 rings (SSSR count). The summed E-state index contributed by atoms with van der Waals surface area (Å²) in [5.74, 6) is -0.772. The van der Waals surface area contributed by atoms with E-state index in [4.69, 9.17) is 23.2 Å². The van der Waals surface area contributed by atoms with Crippen LogP contribution in [0.25, 0.3) is 0 Å². The van der Waals surface area contributed by atoms with E-state index in [0.717, 1.165) is 16.9 Å². The zero-order valence-electron chi connectivity index (χ0n) is 18.4. The molecule has 9 nitrogen and oxygen atoms in total. The van der Waals surface area contributed by atoms with E-state index >= 15 is 0 Å². The van der Waals surface area contributed by atoms with E-state index in [0.29, 0.717) is 0 Å². The lowest BCUT2D eigenvalue weighted by molar-refractivity contribution is -0.151. The van der Waals surface area contributed by atoms with E-state index < -0.39 is 51.6 Å². The number of aromatic nitrogens is 3. The van der Waals surface area contributed by atoms with E-state index in [9.17, 15) is 31.2 Å². The summed E-state index contributed by atoms with van der Waals surface area (Å²) in [5.41, 5.74) is -0.665. The van der Waals surface area contributed by atoms with E-state index in [1.54, 1.807) is 4.72 Å². The van der Waals surface area contributed by atoms with Crippen molar-refractivity contribution < 1.29 is 26.4 Å². The van der Waals surface area contributed by atoms with Gasteiger partial charge in [0.15, 0.2) is 0 Å². The Morgan fingerprint density at radius 3 is 2.56 bits per heavy atom. The number of amides is 1. The van der Waals surface area contributed by atoms with Crippen LogP contribution in [0.4, 0.5) is 18.9 Å². The summed E-state index contributed by atoms with van der Waals surface area (Å²) < 4.78 is 69.2. The number of aryl methyl sites for hydroxylation is 1. The summed E-state index contributed by atoms with van der Waals surface area (Å²) in [6.45, 7) is 0.810. The Kier molecular flexibility index (Phi) is 8.39. The maximum absolute atomic E-state index is 13.6. The highest BCUT2D eigenvalue weighted by Crippen LogP contribution is 2.26. The summed E-state index contributed by atoms with van der Waals surface area (Å²) >= 11 is 11.4. The molecular weight excluding hydrogens is 546 g/mol. The first-order valence-corrected chi connectivity index (χ1v) is 12.3. The van der Waals surface area contributed by atoms with Crippen LogP contribution in [0.5, 0.6) is 0 Å². The molecule has 3 aromatic rings. The molecule has 0 fully saturated rings. The highest BCUT2D eigenvalue weighted by molar-refractivity contribution is 7.89. The molecule has 0 saturated heterocycles. The first-order valence-electron chi connectivity index (χ1n) is 10.1. The number of nitrogens with zero attached hydrogens (tertiary/aromatic N) is 3. The zero-order valence-corrected chi connectivity index (χ0v) is 20.7. The number of nitrogens with one attached hydrogen (secondary N) is 2. The van der Waals surface area contributed by atoms with Crippen LogP contribution in [0.1, 0.15) is 11.3 Å². The van der Waals surface area contributed by atoms with Crippen LogP contribution in [0.2, 0.25) is 10.0 Å². The maximum Gasteiger partial charge on any atom is 0.405 e. The largest absolute Gasteiger partial charge is 0.405 e. The number of rotatable bonds is 8. The fourth-order valence-electron chi connectivity index (χ4n) is 3.06. The van der Waals surface area contributed by atoms with Gasteiger partial charge in [-0.3, -0.25) is 14.6 Å². The van der Waals surface area contributed by atoms with Crippen LogP contribution in [-0.2, 0) is 27.8 Å². The molecule has 1 aromatic carbocycles. The third-order valence-electron chi connectivity index (χ3n) is 4.83. The Hall–Kier alpha value is -3.00. The van der Waals surface area contributed by atoms with Crippen molar-refractivity contribution >= 4 is 44.8 Å². The van der Waals surface area contributed by atoms with Crippen molar-refractivity contribution in [3.05, 3.63) is 80.4 Å². The number of carbonyl (C=O) groups is 1. The van der Waals surface area contributed by atoms with Crippen LogP contribution in [0, 0.1) is 6.92 Å².